The fourth-order valence-corrected chi connectivity index (χ4v) is 3.43. The number of H-pyrrole nitrogens is 1. The van der Waals surface area contributed by atoms with Gasteiger partial charge in [0, 0.05) is 48.4 Å². The second-order valence-electron chi connectivity index (χ2n) is 7.23. The SMILES string of the molecule is CC(C)c1nccn1CC(=O)N1CCO[C@H](c2ccc(-c3cn[nH]c3)cn2)C1. The number of ether oxygens (including phenoxy) is 1. The summed E-state index contributed by atoms with van der Waals surface area (Å²) in [6, 6.07) is 3.95. The van der Waals surface area contributed by atoms with Crippen LogP contribution in [-0.2, 0) is 16.1 Å². The van der Waals surface area contributed by atoms with Gasteiger partial charge in [-0.25, -0.2) is 4.98 Å². The van der Waals surface area contributed by atoms with E-state index in [9.17, 15) is 4.79 Å². The molecule has 1 amide bonds. The van der Waals surface area contributed by atoms with E-state index in [1.54, 1.807) is 12.4 Å². The van der Waals surface area contributed by atoms with Crippen molar-refractivity contribution in [3.8, 4) is 11.1 Å². The molecule has 0 saturated carbocycles. The number of rotatable bonds is 5. The molecule has 1 saturated heterocycles. The van der Waals surface area contributed by atoms with Gasteiger partial charge in [0.15, 0.2) is 0 Å². The zero-order valence-electron chi connectivity index (χ0n) is 16.1. The van der Waals surface area contributed by atoms with E-state index >= 15 is 0 Å². The van der Waals surface area contributed by atoms with Crippen molar-refractivity contribution in [2.45, 2.75) is 32.4 Å². The number of aromatic nitrogens is 5. The number of nitrogens with one attached hydrogen (secondary N) is 1. The van der Waals surface area contributed by atoms with E-state index in [2.05, 4.69) is 34.0 Å². The van der Waals surface area contributed by atoms with Crippen molar-refractivity contribution in [3.05, 3.63) is 54.6 Å². The summed E-state index contributed by atoms with van der Waals surface area (Å²) in [5.41, 5.74) is 2.81. The Balaban J connectivity index is 1.42. The standard InChI is InChI=1S/C20H24N6O2/c1-14(2)20-21-5-6-26(20)13-19(27)25-7-8-28-18(12-25)17-4-3-15(9-22-17)16-10-23-24-11-16/h3-6,9-11,14,18H,7-8,12-13H2,1-2H3,(H,23,24)/t18-/m0/s1. The number of amides is 1. The number of carbonyl (C=O) groups excluding carboxylic acids is 1. The molecular weight excluding hydrogens is 356 g/mol. The van der Waals surface area contributed by atoms with Crippen LogP contribution in [-0.4, -0.2) is 55.2 Å². The van der Waals surface area contributed by atoms with Gasteiger partial charge in [0.05, 0.1) is 25.0 Å². The van der Waals surface area contributed by atoms with Gasteiger partial charge < -0.3 is 14.2 Å². The largest absolute Gasteiger partial charge is 0.368 e. The average molecular weight is 380 g/mol. The highest BCUT2D eigenvalue weighted by atomic mass is 16.5. The summed E-state index contributed by atoms with van der Waals surface area (Å²) in [5, 5.41) is 6.76. The average Bonchev–Trinajstić information content (AvgIpc) is 3.40. The summed E-state index contributed by atoms with van der Waals surface area (Å²) in [5.74, 6) is 1.27. The first-order valence-corrected chi connectivity index (χ1v) is 9.47. The predicted molar refractivity (Wildman–Crippen MR) is 103 cm³/mol. The molecule has 0 aliphatic carbocycles. The van der Waals surface area contributed by atoms with E-state index < -0.39 is 0 Å². The molecule has 1 N–H and O–H groups in total. The molecular formula is C20H24N6O2. The maximum atomic E-state index is 12.8. The lowest BCUT2D eigenvalue weighted by atomic mass is 10.1. The minimum Gasteiger partial charge on any atom is -0.368 e. The Bertz CT molecular complexity index is 917. The van der Waals surface area contributed by atoms with Crippen LogP contribution in [0, 0.1) is 0 Å². The number of pyridine rings is 1. The molecule has 146 valence electrons. The fraction of sp³-hybridized carbons (Fsp3) is 0.400. The monoisotopic (exact) mass is 380 g/mol. The fourth-order valence-electron chi connectivity index (χ4n) is 3.43. The number of hydrogen-bond donors (Lipinski definition) is 1. The highest BCUT2D eigenvalue weighted by Gasteiger charge is 2.26. The van der Waals surface area contributed by atoms with Crippen LogP contribution in [0.4, 0.5) is 0 Å². The van der Waals surface area contributed by atoms with Gasteiger partial charge in [0.25, 0.3) is 0 Å². The van der Waals surface area contributed by atoms with Gasteiger partial charge in [-0.15, -0.1) is 0 Å². The van der Waals surface area contributed by atoms with Crippen LogP contribution in [0.25, 0.3) is 11.1 Å². The predicted octanol–water partition coefficient (Wildman–Crippen LogP) is 2.39. The summed E-state index contributed by atoms with van der Waals surface area (Å²) in [6.07, 6.45) is 8.79. The Morgan fingerprint density at radius 2 is 2.18 bits per heavy atom. The van der Waals surface area contributed by atoms with Crippen LogP contribution >= 0.6 is 0 Å². The van der Waals surface area contributed by atoms with Crippen molar-refractivity contribution in [1.29, 1.82) is 0 Å². The molecule has 0 aromatic carbocycles. The molecule has 3 aromatic heterocycles. The van der Waals surface area contributed by atoms with Crippen LogP contribution in [0.1, 0.15) is 37.4 Å². The van der Waals surface area contributed by atoms with Crippen molar-refractivity contribution in [2.24, 2.45) is 0 Å². The lowest BCUT2D eigenvalue weighted by Crippen LogP contribution is -2.44. The Morgan fingerprint density at radius 3 is 2.89 bits per heavy atom. The van der Waals surface area contributed by atoms with Gasteiger partial charge in [-0.1, -0.05) is 19.9 Å². The minimum atomic E-state index is -0.219. The lowest BCUT2D eigenvalue weighted by Gasteiger charge is -2.33. The van der Waals surface area contributed by atoms with Gasteiger partial charge in [-0.3, -0.25) is 14.9 Å². The molecule has 8 heteroatoms. The minimum absolute atomic E-state index is 0.0724. The molecule has 28 heavy (non-hydrogen) atoms. The van der Waals surface area contributed by atoms with Crippen LogP contribution in [0.5, 0.6) is 0 Å². The Morgan fingerprint density at radius 1 is 1.29 bits per heavy atom. The summed E-state index contributed by atoms with van der Waals surface area (Å²) < 4.78 is 7.80. The molecule has 0 unspecified atom stereocenters. The topological polar surface area (TPSA) is 88.9 Å². The molecule has 1 aliphatic rings. The highest BCUT2D eigenvalue weighted by Crippen LogP contribution is 2.24. The van der Waals surface area contributed by atoms with Crippen LogP contribution in [0.3, 0.4) is 0 Å². The maximum absolute atomic E-state index is 12.8. The molecule has 8 nitrogen and oxygen atoms in total. The summed E-state index contributed by atoms with van der Waals surface area (Å²) in [7, 11) is 0. The number of carbonyl (C=O) groups is 1. The van der Waals surface area contributed by atoms with Crippen molar-refractivity contribution < 1.29 is 9.53 Å². The van der Waals surface area contributed by atoms with Crippen LogP contribution < -0.4 is 0 Å². The van der Waals surface area contributed by atoms with E-state index in [-0.39, 0.29) is 17.9 Å². The maximum Gasteiger partial charge on any atom is 0.242 e. The van der Waals surface area contributed by atoms with Crippen molar-refractivity contribution in [3.63, 3.8) is 0 Å². The quantitative estimate of drug-likeness (QED) is 0.734. The molecule has 3 aromatic rings. The van der Waals surface area contributed by atoms with Gasteiger partial charge in [0.2, 0.25) is 5.91 Å². The first kappa shape index (κ1) is 18.4. The zero-order valence-corrected chi connectivity index (χ0v) is 16.1. The van der Waals surface area contributed by atoms with Crippen molar-refractivity contribution in [1.82, 2.24) is 29.6 Å². The number of hydrogen-bond acceptors (Lipinski definition) is 5. The number of morpholine rings is 1. The number of imidazole rings is 1. The van der Waals surface area contributed by atoms with E-state index in [1.807, 2.05) is 40.2 Å². The molecule has 0 spiro atoms. The molecule has 4 rings (SSSR count). The van der Waals surface area contributed by atoms with Gasteiger partial charge in [-0.2, -0.15) is 5.10 Å². The second kappa shape index (κ2) is 7.93. The van der Waals surface area contributed by atoms with Crippen LogP contribution in [0.2, 0.25) is 0 Å². The van der Waals surface area contributed by atoms with Gasteiger partial charge >= 0.3 is 0 Å². The number of aromatic amines is 1. The van der Waals surface area contributed by atoms with E-state index in [4.69, 9.17) is 4.74 Å². The summed E-state index contributed by atoms with van der Waals surface area (Å²) in [6.45, 7) is 6.05. The van der Waals surface area contributed by atoms with Crippen molar-refractivity contribution in [2.75, 3.05) is 19.7 Å². The van der Waals surface area contributed by atoms with Crippen molar-refractivity contribution >= 4 is 5.91 Å². The first-order valence-electron chi connectivity index (χ1n) is 9.47. The molecule has 0 bridgehead atoms. The number of nitrogens with zero attached hydrogens (tertiary/aromatic N) is 5. The van der Waals surface area contributed by atoms with E-state index in [0.717, 1.165) is 22.6 Å². The first-order chi connectivity index (χ1) is 13.6. The summed E-state index contributed by atoms with van der Waals surface area (Å²) >= 11 is 0. The Hall–Kier alpha value is -3.00. The smallest absolute Gasteiger partial charge is 0.242 e. The van der Waals surface area contributed by atoms with Gasteiger partial charge in [-0.05, 0) is 6.07 Å². The normalized spacial score (nSPS) is 17.2. The second-order valence-corrected chi connectivity index (χ2v) is 7.23. The molecule has 4 heterocycles. The molecule has 1 atom stereocenters. The molecule has 1 aliphatic heterocycles. The Kier molecular flexibility index (Phi) is 5.21. The Labute approximate surface area is 163 Å². The third-order valence-electron chi connectivity index (χ3n) is 4.94. The van der Waals surface area contributed by atoms with Crippen LogP contribution in [0.15, 0.2) is 43.1 Å². The summed E-state index contributed by atoms with van der Waals surface area (Å²) in [4.78, 5) is 23.6. The van der Waals surface area contributed by atoms with E-state index in [1.165, 1.54) is 0 Å². The third kappa shape index (κ3) is 3.82. The highest BCUT2D eigenvalue weighted by molar-refractivity contribution is 5.76. The zero-order chi connectivity index (χ0) is 19.5. The lowest BCUT2D eigenvalue weighted by molar-refractivity contribution is -0.139. The van der Waals surface area contributed by atoms with E-state index in [0.29, 0.717) is 26.2 Å². The molecule has 1 fully saturated rings. The molecule has 0 radical (unpaired) electrons. The van der Waals surface area contributed by atoms with Gasteiger partial charge in [0.1, 0.15) is 18.5 Å². The third-order valence-corrected chi connectivity index (χ3v) is 4.94.